The summed E-state index contributed by atoms with van der Waals surface area (Å²) in [5, 5.41) is 4.71. The van der Waals surface area contributed by atoms with Gasteiger partial charge in [-0.1, -0.05) is 89.8 Å². The van der Waals surface area contributed by atoms with Crippen LogP contribution in [0.1, 0.15) is 22.6 Å². The molecule has 9 rings (SSSR count). The van der Waals surface area contributed by atoms with Gasteiger partial charge < -0.3 is 4.42 Å². The fraction of sp³-hybridized carbons (Fsp3) is 0.0909. The number of hydrogen-bond acceptors (Lipinski definition) is 3. The van der Waals surface area contributed by atoms with Crippen LogP contribution in [0.5, 0.6) is 0 Å². The average molecular weight is 872 g/mol. The first-order valence-electron chi connectivity index (χ1n) is 16.4. The van der Waals surface area contributed by atoms with E-state index in [-0.39, 0.29) is 26.0 Å². The maximum absolute atomic E-state index is 6.35. The summed E-state index contributed by atoms with van der Waals surface area (Å²) in [4.78, 5) is 9.66. The maximum Gasteiger partial charge on any atom is 0.120 e. The van der Waals surface area contributed by atoms with E-state index in [0.29, 0.717) is 0 Å². The molecule has 8 aromatic rings. The van der Waals surface area contributed by atoms with E-state index in [4.69, 9.17) is 9.41 Å². The van der Waals surface area contributed by atoms with Gasteiger partial charge in [0.1, 0.15) is 5.58 Å². The van der Waals surface area contributed by atoms with Gasteiger partial charge >= 0.3 is 99.8 Å². The summed E-state index contributed by atoms with van der Waals surface area (Å²) in [6.07, 6.45) is 2.04. The zero-order valence-electron chi connectivity index (χ0n) is 27.6. The molecule has 6 aromatic carbocycles. The molecule has 2 aromatic heterocycles. The summed E-state index contributed by atoms with van der Waals surface area (Å²) < 4.78 is 7.80. The first kappa shape index (κ1) is 32.9. The van der Waals surface area contributed by atoms with Crippen molar-refractivity contribution in [2.45, 2.75) is 23.2 Å². The summed E-state index contributed by atoms with van der Waals surface area (Å²) in [7, 11) is 0. The molecule has 5 heteroatoms. The molecule has 3 nitrogen and oxygen atoms in total. The number of benzene rings is 6. The van der Waals surface area contributed by atoms with Crippen molar-refractivity contribution in [3.05, 3.63) is 175 Å². The maximum atomic E-state index is 6.35. The Bertz CT molecular complexity index is 2440. The molecule has 49 heavy (non-hydrogen) atoms. The molecule has 0 saturated heterocycles. The first-order valence-corrected chi connectivity index (χ1v) is 23.7. The fourth-order valence-corrected chi connectivity index (χ4v) is 8.79. The van der Waals surface area contributed by atoms with E-state index < -0.39 is 13.3 Å². The Labute approximate surface area is 303 Å². The van der Waals surface area contributed by atoms with Gasteiger partial charge in [0.2, 0.25) is 0 Å². The van der Waals surface area contributed by atoms with Crippen molar-refractivity contribution in [2.75, 3.05) is 0 Å². The largest absolute Gasteiger partial charge is 0.501 e. The van der Waals surface area contributed by atoms with E-state index in [1.807, 2.05) is 48.7 Å². The standard InChI is InChI=1S/C30H18NO.C14H16GeN.Ir/c1-2-11-20-19(9-1)10-7-14-22(20)28-24-13-3-5-17-26(24)31-29(28)25-16-8-15-23-21-12-4-6-18-27(21)32-30(23)25;1-15(2,3)13-9-10-14(16-11-13)12-7-5-4-6-8-12;/h1-15,17-18,28H;4-7,9-11H,1-3H3;/q2*-1;. The number of aliphatic imine (C=N–C) groups is 1. The van der Waals surface area contributed by atoms with Gasteiger partial charge in [0, 0.05) is 31.4 Å². The monoisotopic (exact) mass is 873 g/mol. The average Bonchev–Trinajstić information content (AvgIpc) is 3.71. The number of hydrogen-bond donors (Lipinski definition) is 0. The summed E-state index contributed by atoms with van der Waals surface area (Å²) in [6.45, 7) is 0. The summed E-state index contributed by atoms with van der Waals surface area (Å²) in [6, 6.07) is 54.8. The zero-order chi connectivity index (χ0) is 32.7. The Morgan fingerprint density at radius 1 is 0.633 bits per heavy atom. The Balaban J connectivity index is 0.000000189. The van der Waals surface area contributed by atoms with Crippen LogP contribution in [0, 0.1) is 12.1 Å². The van der Waals surface area contributed by atoms with E-state index >= 15 is 0 Å². The van der Waals surface area contributed by atoms with Gasteiger partial charge in [-0.15, -0.1) is 18.2 Å². The molecule has 0 fully saturated rings. The number of furan rings is 1. The van der Waals surface area contributed by atoms with E-state index in [9.17, 15) is 0 Å². The molecular formula is C44H34GeIrN2O-2. The first-order chi connectivity index (χ1) is 23.5. The van der Waals surface area contributed by atoms with Gasteiger partial charge in [0.15, 0.2) is 0 Å². The topological polar surface area (TPSA) is 38.4 Å². The Morgan fingerprint density at radius 3 is 2.16 bits per heavy atom. The third-order valence-electron chi connectivity index (χ3n) is 9.11. The Morgan fingerprint density at radius 2 is 1.37 bits per heavy atom. The van der Waals surface area contributed by atoms with E-state index in [0.717, 1.165) is 50.2 Å². The second-order valence-electron chi connectivity index (χ2n) is 13.2. The smallest absolute Gasteiger partial charge is 0.120 e. The summed E-state index contributed by atoms with van der Waals surface area (Å²) in [5.74, 6) is 7.16. The van der Waals surface area contributed by atoms with Gasteiger partial charge in [0.25, 0.3) is 0 Å². The van der Waals surface area contributed by atoms with Crippen LogP contribution in [0.25, 0.3) is 44.0 Å². The molecule has 0 bridgehead atoms. The molecule has 3 heterocycles. The molecule has 1 unspecified atom stereocenters. The van der Waals surface area contributed by atoms with Crippen LogP contribution in [0.4, 0.5) is 5.69 Å². The summed E-state index contributed by atoms with van der Waals surface area (Å²) in [5.41, 5.74) is 9.24. The van der Waals surface area contributed by atoms with Crippen molar-refractivity contribution in [3.8, 4) is 11.3 Å². The van der Waals surface area contributed by atoms with Crippen molar-refractivity contribution in [1.29, 1.82) is 0 Å². The second kappa shape index (κ2) is 13.7. The van der Waals surface area contributed by atoms with Crippen LogP contribution in [-0.4, -0.2) is 24.0 Å². The van der Waals surface area contributed by atoms with Gasteiger partial charge in [-0.05, 0) is 39.7 Å². The molecular weight excluding hydrogens is 837 g/mol. The summed E-state index contributed by atoms with van der Waals surface area (Å²) >= 11 is -1.72. The van der Waals surface area contributed by atoms with Crippen molar-refractivity contribution in [3.63, 3.8) is 0 Å². The molecule has 1 aliphatic rings. The number of fused-ring (bicyclic) bond motifs is 5. The molecule has 241 valence electrons. The molecule has 1 atom stereocenters. The second-order valence-corrected chi connectivity index (χ2v) is 23.9. The van der Waals surface area contributed by atoms with Crippen LogP contribution in [0.2, 0.25) is 17.3 Å². The van der Waals surface area contributed by atoms with Crippen molar-refractivity contribution >= 4 is 61.8 Å². The third kappa shape index (κ3) is 6.33. The van der Waals surface area contributed by atoms with Gasteiger partial charge in [0.05, 0.1) is 11.3 Å². The quantitative estimate of drug-likeness (QED) is 0.131. The van der Waals surface area contributed by atoms with Crippen LogP contribution in [-0.2, 0) is 20.1 Å². The zero-order valence-corrected chi connectivity index (χ0v) is 32.1. The SMILES string of the molecule is [CH3][Ge]([CH3])([CH3])[c]1ccc(-c2[c-]cccc2)nc1.[Ir].[c-]1ccc2c(oc3ccccc32)c1C1=Nc2ccccc2C1c1cccc2ccccc12. The van der Waals surface area contributed by atoms with E-state index in [2.05, 4.69) is 131 Å². The number of rotatable bonds is 4. The molecule has 0 spiro atoms. The van der Waals surface area contributed by atoms with Crippen molar-refractivity contribution in [1.82, 2.24) is 4.98 Å². The minimum absolute atomic E-state index is 0. The number of para-hydroxylation sites is 2. The van der Waals surface area contributed by atoms with Crippen LogP contribution >= 0.6 is 0 Å². The molecule has 1 radical (unpaired) electrons. The normalized spacial score (nSPS) is 13.8. The minimum atomic E-state index is -1.72. The molecule has 0 N–H and O–H groups in total. The predicted molar refractivity (Wildman–Crippen MR) is 202 cm³/mol. The van der Waals surface area contributed by atoms with E-state index in [1.165, 1.54) is 26.3 Å². The Hall–Kier alpha value is -4.61. The molecule has 1 aliphatic heterocycles. The number of aromatic nitrogens is 1. The minimum Gasteiger partial charge on any atom is -0.501 e. The van der Waals surface area contributed by atoms with Gasteiger partial charge in [-0.2, -0.15) is 0 Å². The van der Waals surface area contributed by atoms with E-state index in [1.54, 1.807) is 0 Å². The fourth-order valence-electron chi connectivity index (χ4n) is 6.62. The van der Waals surface area contributed by atoms with Crippen LogP contribution in [0.15, 0.2) is 155 Å². The number of nitrogens with zero attached hydrogens (tertiary/aromatic N) is 2. The third-order valence-corrected chi connectivity index (χ3v) is 13.4. The van der Waals surface area contributed by atoms with Gasteiger partial charge in [-0.25, -0.2) is 0 Å². The van der Waals surface area contributed by atoms with Crippen LogP contribution < -0.4 is 4.40 Å². The molecule has 0 aliphatic carbocycles. The number of pyridine rings is 1. The molecule has 0 saturated carbocycles. The van der Waals surface area contributed by atoms with Gasteiger partial charge in [-0.3, -0.25) is 4.99 Å². The Kier molecular flexibility index (Phi) is 9.22. The molecule has 0 amide bonds. The van der Waals surface area contributed by atoms with Crippen LogP contribution in [0.3, 0.4) is 0 Å². The predicted octanol–water partition coefficient (Wildman–Crippen LogP) is 10.9. The van der Waals surface area contributed by atoms with Crippen molar-refractivity contribution in [2.24, 2.45) is 4.99 Å². The van der Waals surface area contributed by atoms with Crippen molar-refractivity contribution < 1.29 is 24.5 Å².